The molecule has 0 saturated carbocycles. The second-order valence-corrected chi connectivity index (χ2v) is 8.26. The molecule has 4 rings (SSSR count). The largest absolute Gasteiger partial charge is 0.464 e. The monoisotopic (exact) mass is 381 g/mol. The summed E-state index contributed by atoms with van der Waals surface area (Å²) in [5.74, 6) is 1.23. The van der Waals surface area contributed by atoms with Gasteiger partial charge in [0.05, 0.1) is 6.26 Å². The third kappa shape index (κ3) is 3.87. The highest BCUT2D eigenvalue weighted by Gasteiger charge is 2.41. The smallest absolute Gasteiger partial charge is 0.222 e. The third-order valence-corrected chi connectivity index (χ3v) is 6.60. The highest BCUT2D eigenvalue weighted by atomic mass is 16.3. The number of hydrogen-bond donors (Lipinski definition) is 0. The van der Waals surface area contributed by atoms with Crippen LogP contribution in [0.2, 0.25) is 0 Å². The van der Waals surface area contributed by atoms with E-state index < -0.39 is 0 Å². The standard InChI is InChI=1S/C23H31N3O2/c1-3-26-12-11-23(10-9-22(26)27)18-25(14-13-24(23)2)17-19-6-4-7-20(16-19)21-8-5-15-28-21/h4-8,15-16H,3,9-14,17-18H2,1-2H3. The van der Waals surface area contributed by atoms with Crippen molar-refractivity contribution in [2.45, 2.75) is 38.3 Å². The predicted molar refractivity (Wildman–Crippen MR) is 111 cm³/mol. The number of furan rings is 1. The maximum Gasteiger partial charge on any atom is 0.222 e. The Morgan fingerprint density at radius 1 is 1.11 bits per heavy atom. The number of nitrogens with zero attached hydrogens (tertiary/aromatic N) is 3. The molecule has 0 radical (unpaired) electrons. The van der Waals surface area contributed by atoms with Crippen molar-refractivity contribution in [2.24, 2.45) is 0 Å². The zero-order valence-corrected chi connectivity index (χ0v) is 17.1. The van der Waals surface area contributed by atoms with Crippen LogP contribution in [0.5, 0.6) is 0 Å². The number of rotatable bonds is 4. The lowest BCUT2D eigenvalue weighted by atomic mass is 9.86. The Morgan fingerprint density at radius 2 is 2.00 bits per heavy atom. The minimum Gasteiger partial charge on any atom is -0.464 e. The summed E-state index contributed by atoms with van der Waals surface area (Å²) in [5, 5.41) is 0. The maximum atomic E-state index is 12.4. The van der Waals surface area contributed by atoms with Crippen LogP contribution in [0.25, 0.3) is 11.3 Å². The summed E-state index contributed by atoms with van der Waals surface area (Å²) in [4.78, 5) is 19.5. The van der Waals surface area contributed by atoms with E-state index in [-0.39, 0.29) is 5.54 Å². The Kier molecular flexibility index (Phi) is 5.56. The van der Waals surface area contributed by atoms with Crippen LogP contribution in [0.1, 0.15) is 31.7 Å². The first-order valence-electron chi connectivity index (χ1n) is 10.4. The molecule has 1 amide bonds. The van der Waals surface area contributed by atoms with Gasteiger partial charge in [-0.2, -0.15) is 0 Å². The number of likely N-dealkylation sites (N-methyl/N-ethyl adjacent to an activating group) is 1. The van der Waals surface area contributed by atoms with E-state index in [2.05, 4.69) is 48.0 Å². The topological polar surface area (TPSA) is 39.9 Å². The maximum absolute atomic E-state index is 12.4. The van der Waals surface area contributed by atoms with E-state index in [1.165, 1.54) is 5.56 Å². The molecule has 3 heterocycles. The number of hydrogen-bond acceptors (Lipinski definition) is 4. The van der Waals surface area contributed by atoms with E-state index in [4.69, 9.17) is 4.42 Å². The van der Waals surface area contributed by atoms with Gasteiger partial charge in [0, 0.05) is 56.8 Å². The summed E-state index contributed by atoms with van der Waals surface area (Å²) in [7, 11) is 2.24. The summed E-state index contributed by atoms with van der Waals surface area (Å²) >= 11 is 0. The normalized spacial score (nSPS) is 24.6. The van der Waals surface area contributed by atoms with Crippen molar-refractivity contribution in [1.29, 1.82) is 0 Å². The first-order valence-corrected chi connectivity index (χ1v) is 10.4. The molecule has 150 valence electrons. The molecule has 1 unspecified atom stereocenters. The molecule has 2 saturated heterocycles. The molecule has 2 fully saturated rings. The van der Waals surface area contributed by atoms with Crippen LogP contribution < -0.4 is 0 Å². The van der Waals surface area contributed by atoms with Crippen molar-refractivity contribution in [3.8, 4) is 11.3 Å². The lowest BCUT2D eigenvalue weighted by Crippen LogP contribution is -2.60. The van der Waals surface area contributed by atoms with E-state index in [0.29, 0.717) is 12.3 Å². The Balaban J connectivity index is 1.48. The highest BCUT2D eigenvalue weighted by molar-refractivity contribution is 5.76. The zero-order chi connectivity index (χ0) is 19.6. The van der Waals surface area contributed by atoms with Gasteiger partial charge in [-0.15, -0.1) is 0 Å². The fourth-order valence-corrected chi connectivity index (χ4v) is 4.77. The lowest BCUT2D eigenvalue weighted by Gasteiger charge is -2.49. The molecule has 2 aliphatic rings. The average molecular weight is 382 g/mol. The predicted octanol–water partition coefficient (Wildman–Crippen LogP) is 3.47. The van der Waals surface area contributed by atoms with Gasteiger partial charge in [0.2, 0.25) is 5.91 Å². The molecular weight excluding hydrogens is 350 g/mol. The molecule has 2 aliphatic heterocycles. The van der Waals surface area contributed by atoms with E-state index in [9.17, 15) is 4.79 Å². The molecular formula is C23H31N3O2. The highest BCUT2D eigenvalue weighted by Crippen LogP contribution is 2.33. The molecule has 1 aromatic carbocycles. The van der Waals surface area contributed by atoms with Crippen LogP contribution in [0.3, 0.4) is 0 Å². The van der Waals surface area contributed by atoms with Gasteiger partial charge >= 0.3 is 0 Å². The second kappa shape index (κ2) is 8.10. The number of piperazine rings is 1. The van der Waals surface area contributed by atoms with Gasteiger partial charge < -0.3 is 9.32 Å². The number of benzene rings is 1. The zero-order valence-electron chi connectivity index (χ0n) is 17.1. The van der Waals surface area contributed by atoms with Gasteiger partial charge in [0.15, 0.2) is 0 Å². The van der Waals surface area contributed by atoms with Gasteiger partial charge in [0.25, 0.3) is 0 Å². The Bertz CT molecular complexity index is 804. The fraction of sp³-hybridized carbons (Fsp3) is 0.522. The molecule has 1 aromatic heterocycles. The Morgan fingerprint density at radius 3 is 2.79 bits per heavy atom. The van der Waals surface area contributed by atoms with Crippen molar-refractivity contribution in [1.82, 2.24) is 14.7 Å². The number of amides is 1. The molecule has 1 spiro atoms. The number of carbonyl (C=O) groups is 1. The molecule has 0 aliphatic carbocycles. The van der Waals surface area contributed by atoms with Gasteiger partial charge in [-0.1, -0.05) is 18.2 Å². The number of likely N-dealkylation sites (tertiary alicyclic amines) is 1. The van der Waals surface area contributed by atoms with Crippen LogP contribution in [0.4, 0.5) is 0 Å². The summed E-state index contributed by atoms with van der Waals surface area (Å²) in [6, 6.07) is 12.6. The number of carbonyl (C=O) groups excluding carboxylic acids is 1. The van der Waals surface area contributed by atoms with Crippen LogP contribution in [0.15, 0.2) is 47.1 Å². The Labute approximate surface area is 167 Å². The van der Waals surface area contributed by atoms with Gasteiger partial charge in [0.1, 0.15) is 5.76 Å². The minimum atomic E-state index is 0.108. The van der Waals surface area contributed by atoms with Crippen LogP contribution in [-0.4, -0.2) is 65.9 Å². The van der Waals surface area contributed by atoms with E-state index in [1.807, 2.05) is 17.0 Å². The second-order valence-electron chi connectivity index (χ2n) is 8.26. The van der Waals surface area contributed by atoms with Gasteiger partial charge in [-0.05, 0) is 50.6 Å². The summed E-state index contributed by atoms with van der Waals surface area (Å²) in [6.07, 6.45) is 4.41. The quantitative estimate of drug-likeness (QED) is 0.813. The van der Waals surface area contributed by atoms with Crippen LogP contribution in [-0.2, 0) is 11.3 Å². The third-order valence-electron chi connectivity index (χ3n) is 6.60. The van der Waals surface area contributed by atoms with Crippen molar-refractivity contribution < 1.29 is 9.21 Å². The van der Waals surface area contributed by atoms with E-state index in [0.717, 1.165) is 63.4 Å². The van der Waals surface area contributed by atoms with Crippen molar-refractivity contribution in [3.63, 3.8) is 0 Å². The SMILES string of the molecule is CCN1CCC2(CCC1=O)CN(Cc1cccc(-c3ccco3)c1)CCN2C. The summed E-state index contributed by atoms with van der Waals surface area (Å²) in [5.41, 5.74) is 2.55. The van der Waals surface area contributed by atoms with Gasteiger partial charge in [-0.3, -0.25) is 14.6 Å². The van der Waals surface area contributed by atoms with Crippen molar-refractivity contribution in [3.05, 3.63) is 48.2 Å². The van der Waals surface area contributed by atoms with Crippen LogP contribution in [0, 0.1) is 0 Å². The first kappa shape index (κ1) is 19.2. The molecule has 0 N–H and O–H groups in total. The molecule has 5 heteroatoms. The van der Waals surface area contributed by atoms with Gasteiger partial charge in [-0.25, -0.2) is 0 Å². The van der Waals surface area contributed by atoms with Crippen molar-refractivity contribution >= 4 is 5.91 Å². The van der Waals surface area contributed by atoms with E-state index >= 15 is 0 Å². The molecule has 2 aromatic rings. The lowest BCUT2D eigenvalue weighted by molar-refractivity contribution is -0.130. The molecule has 0 bridgehead atoms. The van der Waals surface area contributed by atoms with Crippen LogP contribution >= 0.6 is 0 Å². The summed E-state index contributed by atoms with van der Waals surface area (Å²) < 4.78 is 5.56. The summed E-state index contributed by atoms with van der Waals surface area (Å²) in [6.45, 7) is 7.87. The molecule has 28 heavy (non-hydrogen) atoms. The first-order chi connectivity index (χ1) is 13.6. The molecule has 5 nitrogen and oxygen atoms in total. The fourth-order valence-electron chi connectivity index (χ4n) is 4.77. The minimum absolute atomic E-state index is 0.108. The van der Waals surface area contributed by atoms with E-state index in [1.54, 1.807) is 6.26 Å². The average Bonchev–Trinajstić information content (AvgIpc) is 3.19. The molecule has 1 atom stereocenters. The Hall–Kier alpha value is -2.11. The van der Waals surface area contributed by atoms with Crippen molar-refractivity contribution in [2.75, 3.05) is 39.8 Å².